The van der Waals surface area contributed by atoms with E-state index in [1.807, 2.05) is 13.1 Å². The molecule has 1 atom stereocenters. The zero-order chi connectivity index (χ0) is 11.5. The normalized spacial score (nSPS) is 20.4. The molecule has 0 spiro atoms. The lowest BCUT2D eigenvalue weighted by Gasteiger charge is -2.22. The fourth-order valence-electron chi connectivity index (χ4n) is 2.39. The highest BCUT2D eigenvalue weighted by molar-refractivity contribution is 5.55. The van der Waals surface area contributed by atoms with Crippen molar-refractivity contribution in [3.8, 4) is 0 Å². The Bertz CT molecular complexity index is 365. The van der Waals surface area contributed by atoms with Crippen molar-refractivity contribution in [2.45, 2.75) is 19.9 Å². The van der Waals surface area contributed by atoms with Gasteiger partial charge in [0.2, 0.25) is 0 Å². The van der Waals surface area contributed by atoms with Gasteiger partial charge in [-0.25, -0.2) is 4.39 Å². The van der Waals surface area contributed by atoms with Gasteiger partial charge in [-0.3, -0.25) is 0 Å². The molecule has 2 nitrogen and oxygen atoms in total. The predicted molar refractivity (Wildman–Crippen MR) is 65.2 cm³/mol. The lowest BCUT2D eigenvalue weighted by molar-refractivity contribution is 0.615. The maximum absolute atomic E-state index is 13.9. The van der Waals surface area contributed by atoms with E-state index in [-0.39, 0.29) is 5.82 Å². The third-order valence-corrected chi connectivity index (χ3v) is 3.18. The van der Waals surface area contributed by atoms with Crippen molar-refractivity contribution in [1.29, 1.82) is 0 Å². The van der Waals surface area contributed by atoms with Gasteiger partial charge in [-0.2, -0.15) is 0 Å². The molecular weight excluding hydrogens is 203 g/mol. The SMILES string of the molecule is CNCc1cccc(F)c1N1CCC(C)C1. The molecule has 0 aromatic heterocycles. The second-order valence-electron chi connectivity index (χ2n) is 4.62. The van der Waals surface area contributed by atoms with Crippen LogP contribution in [0.3, 0.4) is 0 Å². The molecule has 0 radical (unpaired) electrons. The zero-order valence-electron chi connectivity index (χ0n) is 9.96. The van der Waals surface area contributed by atoms with Crippen LogP contribution in [-0.4, -0.2) is 20.1 Å². The first-order valence-electron chi connectivity index (χ1n) is 5.89. The fraction of sp³-hybridized carbons (Fsp3) is 0.538. The summed E-state index contributed by atoms with van der Waals surface area (Å²) in [6.45, 7) is 4.88. The van der Waals surface area contributed by atoms with E-state index in [9.17, 15) is 4.39 Å². The smallest absolute Gasteiger partial charge is 0.146 e. The molecule has 1 fully saturated rings. The topological polar surface area (TPSA) is 15.3 Å². The number of nitrogens with zero attached hydrogens (tertiary/aromatic N) is 1. The molecule has 1 aromatic rings. The molecule has 3 heteroatoms. The van der Waals surface area contributed by atoms with E-state index in [1.165, 1.54) is 0 Å². The quantitative estimate of drug-likeness (QED) is 0.844. The number of para-hydroxylation sites is 1. The van der Waals surface area contributed by atoms with Crippen molar-refractivity contribution in [3.05, 3.63) is 29.6 Å². The summed E-state index contributed by atoms with van der Waals surface area (Å²) in [4.78, 5) is 2.17. The van der Waals surface area contributed by atoms with E-state index >= 15 is 0 Å². The van der Waals surface area contributed by atoms with Crippen molar-refractivity contribution >= 4 is 5.69 Å². The standard InChI is InChI=1S/C13H19FN2/c1-10-6-7-16(9-10)13-11(8-15-2)4-3-5-12(13)14/h3-5,10,15H,6-9H2,1-2H3. The van der Waals surface area contributed by atoms with Crippen LogP contribution >= 0.6 is 0 Å². The van der Waals surface area contributed by atoms with Gasteiger partial charge in [-0.15, -0.1) is 0 Å². The monoisotopic (exact) mass is 222 g/mol. The first-order chi connectivity index (χ1) is 7.72. The number of halogens is 1. The molecule has 1 aromatic carbocycles. The molecule has 1 aliphatic rings. The van der Waals surface area contributed by atoms with E-state index in [1.54, 1.807) is 12.1 Å². The molecule has 0 saturated carbocycles. The van der Waals surface area contributed by atoms with Gasteiger partial charge in [-0.1, -0.05) is 19.1 Å². The van der Waals surface area contributed by atoms with Crippen molar-refractivity contribution < 1.29 is 4.39 Å². The van der Waals surface area contributed by atoms with E-state index < -0.39 is 0 Å². The van der Waals surface area contributed by atoms with Crippen LogP contribution < -0.4 is 10.2 Å². The van der Waals surface area contributed by atoms with Gasteiger partial charge < -0.3 is 10.2 Å². The Morgan fingerprint density at radius 1 is 1.50 bits per heavy atom. The van der Waals surface area contributed by atoms with E-state index in [0.717, 1.165) is 37.3 Å². The summed E-state index contributed by atoms with van der Waals surface area (Å²) in [6.07, 6.45) is 1.16. The third-order valence-electron chi connectivity index (χ3n) is 3.18. The number of hydrogen-bond acceptors (Lipinski definition) is 2. The maximum atomic E-state index is 13.9. The first-order valence-corrected chi connectivity index (χ1v) is 5.89. The minimum Gasteiger partial charge on any atom is -0.369 e. The molecule has 1 unspecified atom stereocenters. The summed E-state index contributed by atoms with van der Waals surface area (Å²) in [5, 5.41) is 3.09. The molecule has 1 heterocycles. The lowest BCUT2D eigenvalue weighted by atomic mass is 10.1. The van der Waals surface area contributed by atoms with Crippen molar-refractivity contribution in [2.24, 2.45) is 5.92 Å². The van der Waals surface area contributed by atoms with E-state index in [0.29, 0.717) is 5.92 Å². The van der Waals surface area contributed by atoms with Crippen LogP contribution in [0.2, 0.25) is 0 Å². The fourth-order valence-corrected chi connectivity index (χ4v) is 2.39. The Labute approximate surface area is 96.5 Å². The summed E-state index contributed by atoms with van der Waals surface area (Å²) in [5.74, 6) is 0.573. The van der Waals surface area contributed by atoms with E-state index in [4.69, 9.17) is 0 Å². The summed E-state index contributed by atoms with van der Waals surface area (Å²) in [6, 6.07) is 5.33. The van der Waals surface area contributed by atoms with Gasteiger partial charge in [0.1, 0.15) is 5.82 Å². The van der Waals surface area contributed by atoms with Crippen LogP contribution in [-0.2, 0) is 6.54 Å². The Morgan fingerprint density at radius 3 is 2.94 bits per heavy atom. The van der Waals surface area contributed by atoms with Gasteiger partial charge in [-0.05, 0) is 31.0 Å². The summed E-state index contributed by atoms with van der Waals surface area (Å²) < 4.78 is 13.9. The highest BCUT2D eigenvalue weighted by atomic mass is 19.1. The largest absolute Gasteiger partial charge is 0.369 e. The minimum absolute atomic E-state index is 0.0955. The summed E-state index contributed by atoms with van der Waals surface area (Å²) >= 11 is 0. The van der Waals surface area contributed by atoms with Gasteiger partial charge in [0.15, 0.2) is 0 Å². The molecule has 88 valence electrons. The highest BCUT2D eigenvalue weighted by Crippen LogP contribution is 2.29. The van der Waals surface area contributed by atoms with Crippen LogP contribution in [0.15, 0.2) is 18.2 Å². The molecule has 2 rings (SSSR count). The highest BCUT2D eigenvalue weighted by Gasteiger charge is 2.23. The molecule has 0 aliphatic carbocycles. The van der Waals surface area contributed by atoms with Gasteiger partial charge in [0.05, 0.1) is 5.69 Å². The van der Waals surface area contributed by atoms with Crippen molar-refractivity contribution in [3.63, 3.8) is 0 Å². The molecule has 1 aliphatic heterocycles. The third kappa shape index (κ3) is 2.19. The maximum Gasteiger partial charge on any atom is 0.146 e. The molecule has 16 heavy (non-hydrogen) atoms. The lowest BCUT2D eigenvalue weighted by Crippen LogP contribution is -2.23. The van der Waals surface area contributed by atoms with Gasteiger partial charge >= 0.3 is 0 Å². The molecule has 1 N–H and O–H groups in total. The summed E-state index contributed by atoms with van der Waals surface area (Å²) in [7, 11) is 1.89. The number of hydrogen-bond donors (Lipinski definition) is 1. The molecular formula is C13H19FN2. The zero-order valence-corrected chi connectivity index (χ0v) is 9.96. The van der Waals surface area contributed by atoms with Crippen LogP contribution in [0, 0.1) is 11.7 Å². The Balaban J connectivity index is 2.30. The molecule has 0 bridgehead atoms. The van der Waals surface area contributed by atoms with Gasteiger partial charge in [0.25, 0.3) is 0 Å². The Hall–Kier alpha value is -1.09. The number of benzene rings is 1. The number of nitrogens with one attached hydrogen (secondary N) is 1. The second-order valence-corrected chi connectivity index (χ2v) is 4.62. The average molecular weight is 222 g/mol. The van der Waals surface area contributed by atoms with Crippen LogP contribution in [0.1, 0.15) is 18.9 Å². The molecule has 0 amide bonds. The van der Waals surface area contributed by atoms with Crippen molar-refractivity contribution in [1.82, 2.24) is 5.32 Å². The second kappa shape index (κ2) is 4.83. The number of rotatable bonds is 3. The van der Waals surface area contributed by atoms with Crippen LogP contribution in [0.25, 0.3) is 0 Å². The Morgan fingerprint density at radius 2 is 2.31 bits per heavy atom. The number of anilines is 1. The van der Waals surface area contributed by atoms with Crippen LogP contribution in [0.5, 0.6) is 0 Å². The minimum atomic E-state index is -0.0955. The summed E-state index contributed by atoms with van der Waals surface area (Å²) in [5.41, 5.74) is 1.85. The van der Waals surface area contributed by atoms with Crippen molar-refractivity contribution in [2.75, 3.05) is 25.0 Å². The Kier molecular flexibility index (Phi) is 3.44. The van der Waals surface area contributed by atoms with Gasteiger partial charge in [0, 0.05) is 19.6 Å². The van der Waals surface area contributed by atoms with E-state index in [2.05, 4.69) is 17.1 Å². The average Bonchev–Trinajstić information content (AvgIpc) is 2.65. The van der Waals surface area contributed by atoms with Crippen LogP contribution in [0.4, 0.5) is 10.1 Å². The predicted octanol–water partition coefficient (Wildman–Crippen LogP) is 2.39. The molecule has 1 saturated heterocycles. The first kappa shape index (κ1) is 11.4.